The van der Waals surface area contributed by atoms with Crippen LogP contribution >= 0.6 is 34.8 Å². The maximum Gasteiger partial charge on any atom is 0.311 e. The number of benzene rings is 3. The number of rotatable bonds is 6. The fourth-order valence-electron chi connectivity index (χ4n) is 2.74. The lowest BCUT2D eigenvalue weighted by Gasteiger charge is -2.08. The average Bonchev–Trinajstić information content (AvgIpc) is 2.75. The lowest BCUT2D eigenvalue weighted by Crippen LogP contribution is -1.92. The average molecular weight is 542 g/mol. The van der Waals surface area contributed by atoms with E-state index in [0.29, 0.717) is 0 Å². The number of aromatic hydroxyl groups is 4. The zero-order chi connectivity index (χ0) is 26.0. The molecule has 35 heavy (non-hydrogen) atoms. The van der Waals surface area contributed by atoms with E-state index in [2.05, 4.69) is 9.98 Å². The first-order valence-corrected chi connectivity index (χ1v) is 10.2. The van der Waals surface area contributed by atoms with Crippen LogP contribution in [-0.2, 0) is 0 Å². The number of nitro groups is 2. The molecule has 0 atom stereocenters. The standard InChI is InChI=1S/C20H11Cl3N4O8/c21-10-3-11(22)20(25-7-9-2-13(27(34)35)17(31)5-15(9)29)18(23)19(10)24-6-8-1-12(26(32)33)16(30)4-14(8)28/h1-7,28-31H. The van der Waals surface area contributed by atoms with Crippen LogP contribution in [0.4, 0.5) is 22.7 Å². The van der Waals surface area contributed by atoms with Gasteiger partial charge in [0, 0.05) is 47.8 Å². The van der Waals surface area contributed by atoms with Gasteiger partial charge >= 0.3 is 11.4 Å². The Hall–Kier alpha value is -4.13. The number of hydrogen-bond donors (Lipinski definition) is 4. The molecule has 0 aliphatic carbocycles. The Morgan fingerprint density at radius 3 is 1.37 bits per heavy atom. The molecule has 3 aromatic carbocycles. The van der Waals surface area contributed by atoms with Crippen LogP contribution in [0.5, 0.6) is 23.0 Å². The molecule has 0 bridgehead atoms. The number of nitrogens with zero attached hydrogens (tertiary/aromatic N) is 4. The van der Waals surface area contributed by atoms with Crippen LogP contribution < -0.4 is 0 Å². The Bertz CT molecular complexity index is 1340. The minimum atomic E-state index is -0.857. The van der Waals surface area contributed by atoms with E-state index in [9.17, 15) is 40.7 Å². The molecule has 3 aromatic rings. The summed E-state index contributed by atoms with van der Waals surface area (Å²) < 4.78 is 0. The number of aliphatic imine (C=N–C) groups is 2. The van der Waals surface area contributed by atoms with Crippen LogP contribution in [0.1, 0.15) is 11.1 Å². The highest BCUT2D eigenvalue weighted by Crippen LogP contribution is 2.45. The maximum atomic E-state index is 11.0. The minimum absolute atomic E-state index is 0.0499. The van der Waals surface area contributed by atoms with Crippen molar-refractivity contribution in [2.75, 3.05) is 0 Å². The van der Waals surface area contributed by atoms with E-state index in [0.717, 1.165) is 36.7 Å². The normalized spacial score (nSPS) is 11.4. The number of nitro benzene ring substituents is 2. The largest absolute Gasteiger partial charge is 0.507 e. The van der Waals surface area contributed by atoms with Gasteiger partial charge in [-0.25, -0.2) is 0 Å². The lowest BCUT2D eigenvalue weighted by molar-refractivity contribution is -0.386. The van der Waals surface area contributed by atoms with Gasteiger partial charge in [0.2, 0.25) is 0 Å². The van der Waals surface area contributed by atoms with E-state index in [1.165, 1.54) is 6.07 Å². The molecule has 0 aliphatic heterocycles. The summed E-state index contributed by atoms with van der Waals surface area (Å²) in [5.74, 6) is -2.52. The predicted molar refractivity (Wildman–Crippen MR) is 129 cm³/mol. The van der Waals surface area contributed by atoms with E-state index in [-0.39, 0.29) is 37.6 Å². The van der Waals surface area contributed by atoms with Crippen molar-refractivity contribution in [1.29, 1.82) is 0 Å². The second-order valence-electron chi connectivity index (χ2n) is 6.68. The molecule has 0 aromatic heterocycles. The molecule has 0 amide bonds. The quantitative estimate of drug-likeness (QED) is 0.171. The van der Waals surface area contributed by atoms with Crippen LogP contribution in [-0.4, -0.2) is 42.7 Å². The van der Waals surface area contributed by atoms with Gasteiger partial charge in [0.1, 0.15) is 22.9 Å². The summed E-state index contributed by atoms with van der Waals surface area (Å²) in [5.41, 5.74) is -1.82. The van der Waals surface area contributed by atoms with Crippen LogP contribution in [0.25, 0.3) is 0 Å². The highest BCUT2D eigenvalue weighted by molar-refractivity contribution is 6.44. The molecule has 3 rings (SSSR count). The zero-order valence-corrected chi connectivity index (χ0v) is 19.2. The van der Waals surface area contributed by atoms with E-state index >= 15 is 0 Å². The number of hydrogen-bond acceptors (Lipinski definition) is 10. The third kappa shape index (κ3) is 5.35. The van der Waals surface area contributed by atoms with Crippen molar-refractivity contribution in [2.24, 2.45) is 9.98 Å². The molecule has 180 valence electrons. The van der Waals surface area contributed by atoms with Crippen molar-refractivity contribution in [1.82, 2.24) is 0 Å². The molecule has 15 heteroatoms. The molecule has 0 aliphatic rings. The van der Waals surface area contributed by atoms with Gasteiger partial charge in [-0.05, 0) is 6.07 Å². The Kier molecular flexibility index (Phi) is 7.29. The third-order valence-corrected chi connectivity index (χ3v) is 5.36. The molecule has 0 fully saturated rings. The van der Waals surface area contributed by atoms with Gasteiger partial charge in [-0.15, -0.1) is 0 Å². The second kappa shape index (κ2) is 10.0. The zero-order valence-electron chi connectivity index (χ0n) is 16.9. The van der Waals surface area contributed by atoms with Crippen LogP contribution in [0.2, 0.25) is 15.1 Å². The second-order valence-corrected chi connectivity index (χ2v) is 7.87. The van der Waals surface area contributed by atoms with Gasteiger partial charge in [-0.3, -0.25) is 30.2 Å². The first kappa shape index (κ1) is 25.5. The summed E-state index contributed by atoms with van der Waals surface area (Å²) in [6, 6.07) is 4.52. The highest BCUT2D eigenvalue weighted by atomic mass is 35.5. The SMILES string of the molecule is O=[N+]([O-])c1cc(C=Nc2c(Cl)cc(Cl)c(N=Cc3cc([N+](=O)[O-])c(O)cc3O)c2Cl)c(O)cc1O. The summed E-state index contributed by atoms with van der Waals surface area (Å²) >= 11 is 18.6. The van der Waals surface area contributed by atoms with Crippen LogP contribution in [0, 0.1) is 20.2 Å². The van der Waals surface area contributed by atoms with Crippen molar-refractivity contribution in [2.45, 2.75) is 0 Å². The number of phenols is 4. The van der Waals surface area contributed by atoms with E-state index in [1.54, 1.807) is 0 Å². The number of phenolic OH excluding ortho intramolecular Hbond substituents is 4. The van der Waals surface area contributed by atoms with Gasteiger partial charge in [-0.2, -0.15) is 0 Å². The highest BCUT2D eigenvalue weighted by Gasteiger charge is 2.19. The molecule has 0 saturated heterocycles. The molecule has 0 heterocycles. The Morgan fingerprint density at radius 2 is 1.03 bits per heavy atom. The molecular weight excluding hydrogens is 531 g/mol. The Balaban J connectivity index is 2.06. The molecule has 0 radical (unpaired) electrons. The third-order valence-electron chi connectivity index (χ3n) is 4.43. The molecule has 0 unspecified atom stereocenters. The summed E-state index contributed by atoms with van der Waals surface area (Å²) in [6.45, 7) is 0. The fourth-order valence-corrected chi connectivity index (χ4v) is 3.70. The Morgan fingerprint density at radius 1 is 0.657 bits per heavy atom. The molecule has 4 N–H and O–H groups in total. The monoisotopic (exact) mass is 540 g/mol. The van der Waals surface area contributed by atoms with E-state index in [1.807, 2.05) is 0 Å². The predicted octanol–water partition coefficient (Wildman–Crippen LogP) is 5.79. The van der Waals surface area contributed by atoms with Crippen molar-refractivity contribution < 1.29 is 30.3 Å². The fraction of sp³-hybridized carbons (Fsp3) is 0. The van der Waals surface area contributed by atoms with Crippen molar-refractivity contribution in [3.63, 3.8) is 0 Å². The first-order valence-electron chi connectivity index (χ1n) is 9.07. The van der Waals surface area contributed by atoms with Crippen molar-refractivity contribution in [3.8, 4) is 23.0 Å². The molecule has 0 spiro atoms. The topological polar surface area (TPSA) is 192 Å². The lowest BCUT2D eigenvalue weighted by atomic mass is 10.1. The molecular formula is C20H11Cl3N4O8. The van der Waals surface area contributed by atoms with E-state index in [4.69, 9.17) is 34.8 Å². The summed E-state index contributed by atoms with van der Waals surface area (Å²) in [4.78, 5) is 28.4. The van der Waals surface area contributed by atoms with Gasteiger partial charge in [0.25, 0.3) is 0 Å². The minimum Gasteiger partial charge on any atom is -0.507 e. The smallest absolute Gasteiger partial charge is 0.311 e. The Labute approximate surface area is 209 Å². The van der Waals surface area contributed by atoms with Gasteiger partial charge in [-0.1, -0.05) is 34.8 Å². The van der Waals surface area contributed by atoms with Crippen LogP contribution in [0.15, 0.2) is 40.3 Å². The number of halogens is 3. The molecule has 12 nitrogen and oxygen atoms in total. The summed E-state index contributed by atoms with van der Waals surface area (Å²) in [6.07, 6.45) is 2.01. The van der Waals surface area contributed by atoms with E-state index < -0.39 is 44.2 Å². The summed E-state index contributed by atoms with van der Waals surface area (Å²) in [5, 5.41) is 60.8. The van der Waals surface area contributed by atoms with Crippen molar-refractivity contribution in [3.05, 3.63) is 76.8 Å². The van der Waals surface area contributed by atoms with Crippen molar-refractivity contribution >= 4 is 70.0 Å². The summed E-state index contributed by atoms with van der Waals surface area (Å²) in [7, 11) is 0. The first-order chi connectivity index (χ1) is 16.4. The molecule has 0 saturated carbocycles. The van der Waals surface area contributed by atoms with Gasteiger partial charge < -0.3 is 20.4 Å². The van der Waals surface area contributed by atoms with Gasteiger partial charge in [0.05, 0.1) is 24.9 Å². The van der Waals surface area contributed by atoms with Crippen LogP contribution in [0.3, 0.4) is 0 Å². The van der Waals surface area contributed by atoms with Gasteiger partial charge in [0.15, 0.2) is 11.5 Å². The maximum absolute atomic E-state index is 11.0.